The molecular weight excluding hydrogens is 309 g/mol. The lowest BCUT2D eigenvalue weighted by Crippen LogP contribution is -2.13. The van der Waals surface area contributed by atoms with Gasteiger partial charge in [0, 0.05) is 35.6 Å². The molecule has 0 aliphatic carbocycles. The van der Waals surface area contributed by atoms with Crippen LogP contribution in [0.5, 0.6) is 0 Å². The topological polar surface area (TPSA) is 54.0 Å². The van der Waals surface area contributed by atoms with Gasteiger partial charge in [0.05, 0.1) is 0 Å². The number of benzene rings is 1. The van der Waals surface area contributed by atoms with E-state index in [2.05, 4.69) is 15.6 Å². The molecule has 4 nitrogen and oxygen atoms in total. The van der Waals surface area contributed by atoms with E-state index in [1.807, 2.05) is 6.07 Å². The van der Waals surface area contributed by atoms with E-state index in [9.17, 15) is 4.79 Å². The molecule has 0 fully saturated rings. The minimum Gasteiger partial charge on any atom is -0.385 e. The molecule has 1 aromatic carbocycles. The Morgan fingerprint density at radius 1 is 1.10 bits per heavy atom. The number of pyridine rings is 1. The van der Waals surface area contributed by atoms with Crippen LogP contribution in [0.4, 0.5) is 11.4 Å². The Balaban J connectivity index is 1.68. The van der Waals surface area contributed by atoms with E-state index >= 15 is 0 Å². The van der Waals surface area contributed by atoms with Crippen molar-refractivity contribution in [3.63, 3.8) is 0 Å². The number of rotatable bonds is 6. The first-order valence-electron chi connectivity index (χ1n) is 6.54. The molecular formula is C15H15Cl2N3O. The molecule has 1 aromatic heterocycles. The molecule has 0 saturated carbocycles. The van der Waals surface area contributed by atoms with Crippen molar-refractivity contribution in [1.29, 1.82) is 0 Å². The summed E-state index contributed by atoms with van der Waals surface area (Å²) in [7, 11) is 0. The Labute approximate surface area is 133 Å². The Morgan fingerprint density at radius 3 is 2.57 bits per heavy atom. The van der Waals surface area contributed by atoms with Crippen LogP contribution in [0.1, 0.15) is 12.8 Å². The maximum Gasteiger partial charge on any atom is 0.224 e. The van der Waals surface area contributed by atoms with Crippen molar-refractivity contribution >= 4 is 40.5 Å². The number of hydrogen-bond donors (Lipinski definition) is 2. The van der Waals surface area contributed by atoms with Gasteiger partial charge in [0.2, 0.25) is 5.91 Å². The number of carbonyl (C=O) groups is 1. The van der Waals surface area contributed by atoms with Gasteiger partial charge in [0.15, 0.2) is 0 Å². The fourth-order valence-corrected chi connectivity index (χ4v) is 2.05. The molecule has 0 saturated heterocycles. The van der Waals surface area contributed by atoms with E-state index in [0.29, 0.717) is 23.1 Å². The Morgan fingerprint density at radius 2 is 1.86 bits per heavy atom. The summed E-state index contributed by atoms with van der Waals surface area (Å²) in [6.45, 7) is 0.689. The first kappa shape index (κ1) is 15.6. The zero-order chi connectivity index (χ0) is 15.1. The summed E-state index contributed by atoms with van der Waals surface area (Å²) in [5, 5.41) is 7.10. The molecule has 6 heteroatoms. The lowest BCUT2D eigenvalue weighted by atomic mass is 10.2. The van der Waals surface area contributed by atoms with E-state index in [1.165, 1.54) is 0 Å². The van der Waals surface area contributed by atoms with Gasteiger partial charge in [-0.15, -0.1) is 0 Å². The van der Waals surface area contributed by atoms with Crippen LogP contribution < -0.4 is 10.6 Å². The van der Waals surface area contributed by atoms with Gasteiger partial charge < -0.3 is 10.6 Å². The van der Waals surface area contributed by atoms with Crippen molar-refractivity contribution in [2.24, 2.45) is 0 Å². The molecule has 2 N–H and O–H groups in total. The van der Waals surface area contributed by atoms with Crippen molar-refractivity contribution in [1.82, 2.24) is 4.98 Å². The highest BCUT2D eigenvalue weighted by Gasteiger charge is 2.02. The first-order chi connectivity index (χ1) is 10.1. The number of amides is 1. The number of halogens is 2. The third kappa shape index (κ3) is 5.61. The van der Waals surface area contributed by atoms with Gasteiger partial charge in [-0.3, -0.25) is 4.79 Å². The van der Waals surface area contributed by atoms with Gasteiger partial charge in [-0.25, -0.2) is 4.98 Å². The molecule has 0 atom stereocenters. The summed E-state index contributed by atoms with van der Waals surface area (Å²) >= 11 is 11.6. The molecule has 0 spiro atoms. The third-order valence-electron chi connectivity index (χ3n) is 2.76. The van der Waals surface area contributed by atoms with Gasteiger partial charge >= 0.3 is 0 Å². The predicted octanol–water partition coefficient (Wildman–Crippen LogP) is 4.22. The van der Waals surface area contributed by atoms with Crippen LogP contribution >= 0.6 is 23.2 Å². The molecule has 0 aliphatic heterocycles. The molecule has 0 unspecified atom stereocenters. The minimum atomic E-state index is -0.0214. The van der Waals surface area contributed by atoms with Gasteiger partial charge in [-0.1, -0.05) is 23.2 Å². The highest BCUT2D eigenvalue weighted by atomic mass is 35.5. The summed E-state index contributed by atoms with van der Waals surface area (Å²) in [5.74, 6) is -0.0214. The number of nitrogens with zero attached hydrogens (tertiary/aromatic N) is 1. The van der Waals surface area contributed by atoms with Crippen molar-refractivity contribution in [3.8, 4) is 0 Å². The molecule has 1 amide bonds. The molecule has 2 rings (SSSR count). The van der Waals surface area contributed by atoms with E-state index in [1.54, 1.807) is 36.5 Å². The highest BCUT2D eigenvalue weighted by Crippen LogP contribution is 2.14. The molecule has 0 bridgehead atoms. The summed E-state index contributed by atoms with van der Waals surface area (Å²) in [4.78, 5) is 15.7. The second-order valence-corrected chi connectivity index (χ2v) is 5.28. The van der Waals surface area contributed by atoms with Crippen molar-refractivity contribution in [2.45, 2.75) is 12.8 Å². The van der Waals surface area contributed by atoms with Gasteiger partial charge in [0.1, 0.15) is 5.15 Å². The second kappa shape index (κ2) is 7.86. The molecule has 1 heterocycles. The normalized spacial score (nSPS) is 10.2. The lowest BCUT2D eigenvalue weighted by Gasteiger charge is -2.07. The lowest BCUT2D eigenvalue weighted by molar-refractivity contribution is -0.116. The Hall–Kier alpha value is -1.78. The van der Waals surface area contributed by atoms with Gasteiger partial charge in [-0.2, -0.15) is 0 Å². The van der Waals surface area contributed by atoms with E-state index in [-0.39, 0.29) is 5.91 Å². The van der Waals surface area contributed by atoms with E-state index < -0.39 is 0 Å². The predicted molar refractivity (Wildman–Crippen MR) is 87.1 cm³/mol. The van der Waals surface area contributed by atoms with Gasteiger partial charge in [0.25, 0.3) is 0 Å². The quantitative estimate of drug-likeness (QED) is 0.618. The number of hydrogen-bond acceptors (Lipinski definition) is 3. The maximum absolute atomic E-state index is 11.8. The molecule has 110 valence electrons. The highest BCUT2D eigenvalue weighted by molar-refractivity contribution is 6.30. The first-order valence-corrected chi connectivity index (χ1v) is 7.30. The van der Waals surface area contributed by atoms with Crippen molar-refractivity contribution < 1.29 is 4.79 Å². The average Bonchev–Trinajstić information content (AvgIpc) is 2.46. The SMILES string of the molecule is O=C(CCCNc1ccnc(Cl)c1)Nc1ccc(Cl)cc1. The van der Waals surface area contributed by atoms with Crippen LogP contribution in [0.2, 0.25) is 10.2 Å². The van der Waals surface area contributed by atoms with E-state index in [4.69, 9.17) is 23.2 Å². The van der Waals surface area contributed by atoms with Crippen molar-refractivity contribution in [2.75, 3.05) is 17.2 Å². The zero-order valence-corrected chi connectivity index (χ0v) is 12.8. The number of anilines is 2. The van der Waals surface area contributed by atoms with Crippen LogP contribution in [0.3, 0.4) is 0 Å². The van der Waals surface area contributed by atoms with Crippen LogP contribution in [0.15, 0.2) is 42.6 Å². The number of carbonyl (C=O) groups excluding carboxylic acids is 1. The summed E-state index contributed by atoms with van der Waals surface area (Å²) in [6, 6.07) is 10.6. The summed E-state index contributed by atoms with van der Waals surface area (Å²) in [5.41, 5.74) is 1.64. The number of aromatic nitrogens is 1. The summed E-state index contributed by atoms with van der Waals surface area (Å²) in [6.07, 6.45) is 2.80. The minimum absolute atomic E-state index is 0.0214. The van der Waals surface area contributed by atoms with Gasteiger partial charge in [-0.05, 0) is 42.8 Å². The van der Waals surface area contributed by atoms with Crippen molar-refractivity contribution in [3.05, 3.63) is 52.8 Å². The summed E-state index contributed by atoms with van der Waals surface area (Å²) < 4.78 is 0. The fourth-order valence-electron chi connectivity index (χ4n) is 1.75. The smallest absolute Gasteiger partial charge is 0.224 e. The molecule has 0 radical (unpaired) electrons. The van der Waals surface area contributed by atoms with Crippen LogP contribution in [-0.2, 0) is 4.79 Å². The van der Waals surface area contributed by atoms with Crippen LogP contribution in [0, 0.1) is 0 Å². The zero-order valence-electron chi connectivity index (χ0n) is 11.3. The van der Waals surface area contributed by atoms with Crippen LogP contribution in [0.25, 0.3) is 0 Å². The van der Waals surface area contributed by atoms with Crippen LogP contribution in [-0.4, -0.2) is 17.4 Å². The largest absolute Gasteiger partial charge is 0.385 e. The molecule has 0 aliphatic rings. The third-order valence-corrected chi connectivity index (χ3v) is 3.22. The second-order valence-electron chi connectivity index (χ2n) is 4.45. The number of nitrogens with one attached hydrogen (secondary N) is 2. The monoisotopic (exact) mass is 323 g/mol. The standard InChI is InChI=1S/C15H15Cl2N3O/c16-11-3-5-12(6-4-11)20-15(21)2-1-8-18-13-7-9-19-14(17)10-13/h3-7,9-10H,1-2,8H2,(H,18,19)(H,20,21). The Kier molecular flexibility index (Phi) is 5.84. The Bertz CT molecular complexity index is 602. The molecule has 2 aromatic rings. The molecule has 21 heavy (non-hydrogen) atoms. The van der Waals surface area contributed by atoms with E-state index in [0.717, 1.165) is 17.8 Å². The fraction of sp³-hybridized carbons (Fsp3) is 0.200. The average molecular weight is 324 g/mol. The maximum atomic E-state index is 11.8.